The van der Waals surface area contributed by atoms with E-state index in [9.17, 15) is 24.3 Å². The van der Waals surface area contributed by atoms with Gasteiger partial charge < -0.3 is 38.3 Å². The van der Waals surface area contributed by atoms with Gasteiger partial charge in [0.25, 0.3) is 0 Å². The molecular formula is C50H58O13. The first-order chi connectivity index (χ1) is 29.9. The molecule has 63 heavy (non-hydrogen) atoms. The molecule has 1 aliphatic heterocycles. The fraction of sp³-hybridized carbons (Fsp3) is 0.500. The Morgan fingerprint density at radius 2 is 1.48 bits per heavy atom. The van der Waals surface area contributed by atoms with Crippen LogP contribution in [0.4, 0.5) is 0 Å². The summed E-state index contributed by atoms with van der Waals surface area (Å²) in [6.45, 7) is 12.7. The summed E-state index contributed by atoms with van der Waals surface area (Å²) < 4.78 is 43.4. The van der Waals surface area contributed by atoms with Gasteiger partial charge in [-0.05, 0) is 53.7 Å². The molecule has 3 aromatic rings. The molecule has 0 unspecified atom stereocenters. The van der Waals surface area contributed by atoms with Crippen molar-refractivity contribution in [2.45, 2.75) is 122 Å². The molecule has 0 amide bonds. The molecule has 0 radical (unpaired) electrons. The van der Waals surface area contributed by atoms with E-state index in [1.807, 2.05) is 74.5 Å². The van der Waals surface area contributed by atoms with Crippen molar-refractivity contribution >= 4 is 29.7 Å². The molecule has 1 saturated heterocycles. The van der Waals surface area contributed by atoms with Crippen molar-refractivity contribution < 1.29 is 62.2 Å². The van der Waals surface area contributed by atoms with Gasteiger partial charge in [-0.2, -0.15) is 0 Å². The van der Waals surface area contributed by atoms with Crippen LogP contribution in [0.25, 0.3) is 0 Å². The topological polar surface area (TPSA) is 170 Å². The van der Waals surface area contributed by atoms with Crippen molar-refractivity contribution in [1.29, 1.82) is 0 Å². The van der Waals surface area contributed by atoms with Crippen LogP contribution in [0.15, 0.2) is 102 Å². The van der Waals surface area contributed by atoms with E-state index in [0.717, 1.165) is 11.1 Å². The molecular weight excluding hydrogens is 809 g/mol. The predicted molar refractivity (Wildman–Crippen MR) is 228 cm³/mol. The second kappa shape index (κ2) is 17.8. The number of fused-ring (bicyclic) bond motifs is 5. The van der Waals surface area contributed by atoms with Crippen LogP contribution >= 0.6 is 0 Å². The third kappa shape index (κ3) is 8.13. The Hall–Kier alpha value is -5.21. The summed E-state index contributed by atoms with van der Waals surface area (Å²) >= 11 is 0. The molecule has 11 atom stereocenters. The van der Waals surface area contributed by atoms with Crippen LogP contribution < -0.4 is 0 Å². The van der Waals surface area contributed by atoms with Crippen LogP contribution in [0.2, 0.25) is 0 Å². The van der Waals surface area contributed by atoms with Gasteiger partial charge in [-0.3, -0.25) is 14.4 Å². The minimum Gasteiger partial charge on any atom is -0.456 e. The highest BCUT2D eigenvalue weighted by atomic mass is 16.7. The number of aliphatic hydroxyl groups is 1. The first kappa shape index (κ1) is 45.8. The average molecular weight is 867 g/mol. The zero-order valence-electron chi connectivity index (χ0n) is 37.2. The number of ether oxygens (including phenoxy) is 7. The van der Waals surface area contributed by atoms with Crippen molar-refractivity contribution in [3.8, 4) is 0 Å². The van der Waals surface area contributed by atoms with Crippen molar-refractivity contribution in [2.75, 3.05) is 13.4 Å². The van der Waals surface area contributed by atoms with Gasteiger partial charge in [-0.25, -0.2) is 9.59 Å². The lowest BCUT2D eigenvalue weighted by Crippen LogP contribution is -2.80. The third-order valence-corrected chi connectivity index (χ3v) is 14.4. The van der Waals surface area contributed by atoms with E-state index in [2.05, 4.69) is 0 Å². The molecule has 2 saturated carbocycles. The molecule has 1 N–H and O–H groups in total. The summed E-state index contributed by atoms with van der Waals surface area (Å²) in [5.41, 5.74) is -4.36. The van der Waals surface area contributed by atoms with Gasteiger partial charge in [0.15, 0.2) is 23.6 Å². The molecule has 0 spiro atoms. The monoisotopic (exact) mass is 866 g/mol. The van der Waals surface area contributed by atoms with Crippen LogP contribution in [-0.2, 0) is 58.9 Å². The number of benzene rings is 3. The summed E-state index contributed by atoms with van der Waals surface area (Å²) in [4.78, 5) is 71.0. The van der Waals surface area contributed by atoms with Gasteiger partial charge in [-0.1, -0.05) is 113 Å². The van der Waals surface area contributed by atoms with E-state index in [4.69, 9.17) is 33.2 Å². The molecule has 1 heterocycles. The number of hydrogen-bond acceptors (Lipinski definition) is 13. The molecule has 3 aliphatic carbocycles. The Morgan fingerprint density at radius 1 is 0.857 bits per heavy atom. The van der Waals surface area contributed by atoms with Gasteiger partial charge in [0.05, 0.1) is 24.7 Å². The maximum atomic E-state index is 15.7. The van der Waals surface area contributed by atoms with E-state index in [1.54, 1.807) is 58.0 Å². The minimum atomic E-state index is -2.19. The van der Waals surface area contributed by atoms with Gasteiger partial charge in [0.2, 0.25) is 0 Å². The number of rotatable bonds is 13. The molecule has 13 nitrogen and oxygen atoms in total. The highest BCUT2D eigenvalue weighted by Crippen LogP contribution is 2.65. The van der Waals surface area contributed by atoms with E-state index in [1.165, 1.54) is 13.8 Å². The first-order valence-electron chi connectivity index (χ1n) is 21.6. The largest absolute Gasteiger partial charge is 0.456 e. The van der Waals surface area contributed by atoms with E-state index < -0.39 is 100.0 Å². The average Bonchev–Trinajstić information content (AvgIpc) is 3.25. The summed E-state index contributed by atoms with van der Waals surface area (Å²) in [6.07, 6.45) is -6.45. The normalized spacial score (nSPS) is 31.7. The first-order valence-corrected chi connectivity index (χ1v) is 21.6. The zero-order valence-corrected chi connectivity index (χ0v) is 37.2. The van der Waals surface area contributed by atoms with Crippen molar-refractivity contribution in [3.05, 3.63) is 119 Å². The number of hydrogen-bond donors (Lipinski definition) is 1. The molecule has 336 valence electrons. The molecule has 3 fully saturated rings. The lowest BCUT2D eigenvalue weighted by Gasteiger charge is -2.68. The molecule has 2 bridgehead atoms. The van der Waals surface area contributed by atoms with Gasteiger partial charge >= 0.3 is 23.9 Å². The van der Waals surface area contributed by atoms with Crippen molar-refractivity contribution in [1.82, 2.24) is 0 Å². The molecule has 4 aliphatic rings. The minimum absolute atomic E-state index is 0.158. The number of carbonyl (C=O) groups excluding carboxylic acids is 5. The second-order valence-electron chi connectivity index (χ2n) is 18.3. The highest BCUT2D eigenvalue weighted by Gasteiger charge is 2.77. The van der Waals surface area contributed by atoms with E-state index in [0.29, 0.717) is 5.57 Å². The summed E-state index contributed by atoms with van der Waals surface area (Å²) in [5.74, 6) is -5.87. The quantitative estimate of drug-likeness (QED) is 0.0624. The standard InChI is InChI=1S/C50H58O13/c1-29-24-38-49(27-58-38,63-33(5)52)42-44(62-45(54)36-22-16-11-17-23-36)50(56)25-37(31(3)39(47(50,6)7)41(60-32(4)51)43(53)48(29,42)8)61-46(55)40(30(2)35-20-14-10-15-21-35)59-28-57-26-34-18-12-9-13-19-34/h9-23,29-30,37-38,40-42,44,56H,24-28H2,1-8H3/t29-,30-,37-,38+,40+,41+,42-,44-,48+,49-,50+/m0/s1. The fourth-order valence-corrected chi connectivity index (χ4v) is 10.7. The number of Topliss-reactive ketones (excluding diaryl/α,β-unsaturated/α-hetero) is 1. The maximum Gasteiger partial charge on any atom is 0.338 e. The van der Waals surface area contributed by atoms with Crippen molar-refractivity contribution in [2.24, 2.45) is 22.7 Å². The van der Waals surface area contributed by atoms with Gasteiger partial charge in [0.1, 0.15) is 30.7 Å². The Balaban J connectivity index is 1.36. The second-order valence-corrected chi connectivity index (χ2v) is 18.3. The Morgan fingerprint density at radius 3 is 2.06 bits per heavy atom. The molecule has 0 aromatic heterocycles. The van der Waals surface area contributed by atoms with Crippen molar-refractivity contribution in [3.63, 3.8) is 0 Å². The van der Waals surface area contributed by atoms with Crippen LogP contribution in [0.3, 0.4) is 0 Å². The van der Waals surface area contributed by atoms with Crippen LogP contribution in [-0.4, -0.2) is 89.9 Å². The molecule has 3 aromatic carbocycles. The molecule has 13 heteroatoms. The summed E-state index contributed by atoms with van der Waals surface area (Å²) in [7, 11) is 0. The maximum absolute atomic E-state index is 15.7. The Kier molecular flexibility index (Phi) is 12.9. The summed E-state index contributed by atoms with van der Waals surface area (Å²) in [6, 6.07) is 27.0. The lowest BCUT2D eigenvalue weighted by molar-refractivity contribution is -0.340. The SMILES string of the molecule is CC(=O)O[C@H]1C(=O)[C@@]2(C)[C@H]([C@H](OC(=O)c3ccccc3)[C@]3(O)C[C@H](OC(=O)[C@H](OCOCc4ccccc4)[C@@H](C)c4ccccc4)C(C)=C1C3(C)C)[C@]1(OC(C)=O)CO[C@@H]1C[C@@H]2C. The number of esters is 4. The van der Waals surface area contributed by atoms with E-state index in [-0.39, 0.29) is 44.0 Å². The van der Waals surface area contributed by atoms with E-state index >= 15 is 4.79 Å². The lowest BCUT2D eigenvalue weighted by atomic mass is 9.43. The zero-order chi connectivity index (χ0) is 45.5. The Bertz CT molecular complexity index is 2220. The fourth-order valence-electron chi connectivity index (χ4n) is 10.7. The van der Waals surface area contributed by atoms with Crippen LogP contribution in [0, 0.1) is 22.7 Å². The Labute approximate surface area is 368 Å². The highest BCUT2D eigenvalue weighted by molar-refractivity contribution is 5.95. The molecule has 7 rings (SSSR count). The number of ketones is 1. The van der Waals surface area contributed by atoms with Crippen LogP contribution in [0.1, 0.15) is 95.6 Å². The van der Waals surface area contributed by atoms with Crippen LogP contribution in [0.5, 0.6) is 0 Å². The smallest absolute Gasteiger partial charge is 0.338 e. The predicted octanol–water partition coefficient (Wildman–Crippen LogP) is 6.84. The third-order valence-electron chi connectivity index (χ3n) is 14.4. The van der Waals surface area contributed by atoms with Gasteiger partial charge in [0, 0.05) is 37.0 Å². The number of carbonyl (C=O) groups is 5. The van der Waals surface area contributed by atoms with Gasteiger partial charge in [-0.15, -0.1) is 0 Å². The summed E-state index contributed by atoms with van der Waals surface area (Å²) in [5, 5.41) is 13.9.